The molecule has 0 atom stereocenters. The van der Waals surface area contributed by atoms with E-state index in [1.165, 1.54) is 0 Å². The highest BCUT2D eigenvalue weighted by atomic mass is 79.9. The summed E-state index contributed by atoms with van der Waals surface area (Å²) in [6.07, 6.45) is 0. The molecule has 0 aliphatic heterocycles. The number of halogens is 1. The van der Waals surface area contributed by atoms with Crippen LogP contribution in [0, 0.1) is 6.92 Å². The van der Waals surface area contributed by atoms with E-state index in [4.69, 9.17) is 5.84 Å². The molecule has 8 heteroatoms. The Kier molecular flexibility index (Phi) is 4.35. The average Bonchev–Trinajstić information content (AvgIpc) is 2.36. The van der Waals surface area contributed by atoms with Crippen LogP contribution in [0.1, 0.15) is 5.56 Å². The molecule has 4 N–H and O–H groups in total. The van der Waals surface area contributed by atoms with E-state index < -0.39 is 0 Å². The first-order valence-corrected chi connectivity index (χ1v) is 6.71. The number of hydrazine groups is 1. The first kappa shape index (κ1) is 14.5. The van der Waals surface area contributed by atoms with Gasteiger partial charge in [-0.15, -0.1) is 0 Å². The largest absolute Gasteiger partial charge is 0.347 e. The third-order valence-electron chi connectivity index (χ3n) is 2.45. The predicted molar refractivity (Wildman–Crippen MR) is 84.1 cm³/mol. The fourth-order valence-electron chi connectivity index (χ4n) is 1.62. The third-order valence-corrected chi connectivity index (χ3v) is 2.91. The molecule has 106 valence electrons. The van der Waals surface area contributed by atoms with Gasteiger partial charge in [-0.05, 0) is 30.7 Å². The molecule has 0 fully saturated rings. The van der Waals surface area contributed by atoms with Crippen molar-refractivity contribution in [2.75, 3.05) is 29.7 Å². The van der Waals surface area contributed by atoms with Crippen LogP contribution in [0.15, 0.2) is 22.7 Å². The average molecular weight is 338 g/mol. The van der Waals surface area contributed by atoms with Crippen LogP contribution < -0.4 is 21.5 Å². The summed E-state index contributed by atoms with van der Waals surface area (Å²) in [6, 6.07) is 5.97. The predicted octanol–water partition coefficient (Wildman–Crippen LogP) is 2.04. The van der Waals surface area contributed by atoms with Gasteiger partial charge in [0.2, 0.25) is 17.8 Å². The molecule has 2 rings (SSSR count). The fraction of sp³-hybridized carbons (Fsp3) is 0.250. The van der Waals surface area contributed by atoms with E-state index in [0.29, 0.717) is 17.8 Å². The molecule has 0 amide bonds. The second kappa shape index (κ2) is 6.02. The number of hydrogen-bond donors (Lipinski definition) is 3. The number of anilines is 4. The number of nitrogens with one attached hydrogen (secondary N) is 2. The summed E-state index contributed by atoms with van der Waals surface area (Å²) in [5.74, 6) is 6.62. The number of nitrogen functional groups attached to an aromatic ring is 1. The van der Waals surface area contributed by atoms with Crippen LogP contribution in [0.4, 0.5) is 23.5 Å². The molecule has 0 unspecified atom stereocenters. The second-order valence-corrected chi connectivity index (χ2v) is 5.38. The SMILES string of the molecule is Cc1cc(Br)cc(Nc2nc(NN)nc(N(C)C)n2)c1. The van der Waals surface area contributed by atoms with Crippen LogP contribution in [0.3, 0.4) is 0 Å². The van der Waals surface area contributed by atoms with Gasteiger partial charge in [-0.1, -0.05) is 15.9 Å². The Labute approximate surface area is 125 Å². The molecule has 0 radical (unpaired) electrons. The molecular formula is C12H16BrN7. The standard InChI is InChI=1S/C12H16BrN7/c1-7-4-8(13)6-9(5-7)15-10-16-11(19-14)18-12(17-10)20(2)3/h4-6H,14H2,1-3H3,(H2,15,16,17,18,19). The second-order valence-electron chi connectivity index (χ2n) is 4.46. The van der Waals surface area contributed by atoms with E-state index in [2.05, 4.69) is 41.6 Å². The molecule has 0 saturated carbocycles. The third kappa shape index (κ3) is 3.55. The zero-order chi connectivity index (χ0) is 14.7. The Balaban J connectivity index is 2.34. The molecule has 2 aromatic rings. The van der Waals surface area contributed by atoms with Gasteiger partial charge in [0.05, 0.1) is 0 Å². The Morgan fingerprint density at radius 3 is 2.40 bits per heavy atom. The van der Waals surface area contributed by atoms with Crippen LogP contribution in [0.25, 0.3) is 0 Å². The van der Waals surface area contributed by atoms with E-state index in [9.17, 15) is 0 Å². The summed E-state index contributed by atoms with van der Waals surface area (Å²) >= 11 is 3.46. The maximum absolute atomic E-state index is 5.37. The Hall–Kier alpha value is -1.93. The highest BCUT2D eigenvalue weighted by Crippen LogP contribution is 2.22. The quantitative estimate of drug-likeness (QED) is 0.580. The maximum atomic E-state index is 5.37. The first-order chi connectivity index (χ1) is 9.47. The van der Waals surface area contributed by atoms with Gasteiger partial charge in [-0.3, -0.25) is 5.43 Å². The summed E-state index contributed by atoms with van der Waals surface area (Å²) < 4.78 is 0.985. The van der Waals surface area contributed by atoms with Gasteiger partial charge in [0.1, 0.15) is 0 Å². The molecular weight excluding hydrogens is 322 g/mol. The lowest BCUT2D eigenvalue weighted by atomic mass is 10.2. The number of benzene rings is 1. The lowest BCUT2D eigenvalue weighted by Gasteiger charge is -2.13. The van der Waals surface area contributed by atoms with Crippen LogP contribution in [0.2, 0.25) is 0 Å². The minimum Gasteiger partial charge on any atom is -0.347 e. The Morgan fingerprint density at radius 2 is 1.80 bits per heavy atom. The van der Waals surface area contributed by atoms with Crippen molar-refractivity contribution in [2.24, 2.45) is 5.84 Å². The highest BCUT2D eigenvalue weighted by Gasteiger charge is 2.08. The molecule has 0 saturated heterocycles. The van der Waals surface area contributed by atoms with E-state index in [1.54, 1.807) is 4.90 Å². The van der Waals surface area contributed by atoms with Gasteiger partial charge < -0.3 is 10.2 Å². The van der Waals surface area contributed by atoms with Crippen LogP contribution >= 0.6 is 15.9 Å². The van der Waals surface area contributed by atoms with Crippen molar-refractivity contribution in [3.8, 4) is 0 Å². The summed E-state index contributed by atoms with van der Waals surface area (Å²) in [4.78, 5) is 14.4. The van der Waals surface area contributed by atoms with Crippen LogP contribution in [-0.4, -0.2) is 29.0 Å². The fourth-order valence-corrected chi connectivity index (χ4v) is 2.23. The van der Waals surface area contributed by atoms with Crippen molar-refractivity contribution < 1.29 is 0 Å². The zero-order valence-electron chi connectivity index (χ0n) is 11.5. The first-order valence-electron chi connectivity index (χ1n) is 5.92. The smallest absolute Gasteiger partial charge is 0.243 e. The number of rotatable bonds is 4. The van der Waals surface area contributed by atoms with Gasteiger partial charge in [-0.25, -0.2) is 5.84 Å². The zero-order valence-corrected chi connectivity index (χ0v) is 13.1. The van der Waals surface area contributed by atoms with Gasteiger partial charge in [0.15, 0.2) is 0 Å². The van der Waals surface area contributed by atoms with Gasteiger partial charge in [0, 0.05) is 24.3 Å². The number of hydrogen-bond acceptors (Lipinski definition) is 7. The van der Waals surface area contributed by atoms with Gasteiger partial charge >= 0.3 is 0 Å². The topological polar surface area (TPSA) is 92.0 Å². The molecule has 0 spiro atoms. The van der Waals surface area contributed by atoms with Crippen molar-refractivity contribution in [3.63, 3.8) is 0 Å². The van der Waals surface area contributed by atoms with Crippen molar-refractivity contribution in [3.05, 3.63) is 28.2 Å². The van der Waals surface area contributed by atoms with Crippen molar-refractivity contribution in [2.45, 2.75) is 6.92 Å². The van der Waals surface area contributed by atoms with Crippen LogP contribution in [0.5, 0.6) is 0 Å². The molecule has 1 heterocycles. The van der Waals surface area contributed by atoms with Crippen molar-refractivity contribution in [1.29, 1.82) is 0 Å². The van der Waals surface area contributed by atoms with E-state index >= 15 is 0 Å². The highest BCUT2D eigenvalue weighted by molar-refractivity contribution is 9.10. The Bertz CT molecular complexity index is 594. The lowest BCUT2D eigenvalue weighted by molar-refractivity contribution is 0.957. The summed E-state index contributed by atoms with van der Waals surface area (Å²) in [6.45, 7) is 2.02. The van der Waals surface area contributed by atoms with Crippen LogP contribution in [-0.2, 0) is 0 Å². The number of nitrogens with two attached hydrogens (primary N) is 1. The van der Waals surface area contributed by atoms with Gasteiger partial charge in [-0.2, -0.15) is 15.0 Å². The van der Waals surface area contributed by atoms with Crippen molar-refractivity contribution >= 4 is 39.5 Å². The molecule has 1 aromatic carbocycles. The Morgan fingerprint density at radius 1 is 1.10 bits per heavy atom. The molecule has 0 bridgehead atoms. The monoisotopic (exact) mass is 337 g/mol. The summed E-state index contributed by atoms with van der Waals surface area (Å²) in [7, 11) is 3.70. The molecule has 20 heavy (non-hydrogen) atoms. The molecule has 0 aliphatic carbocycles. The van der Waals surface area contributed by atoms with E-state index in [-0.39, 0.29) is 0 Å². The minimum absolute atomic E-state index is 0.304. The number of aryl methyl sites for hydroxylation is 1. The number of nitrogens with zero attached hydrogens (tertiary/aromatic N) is 4. The maximum Gasteiger partial charge on any atom is 0.243 e. The molecule has 7 nitrogen and oxygen atoms in total. The van der Waals surface area contributed by atoms with E-state index in [1.807, 2.05) is 39.2 Å². The molecule has 0 aliphatic rings. The summed E-state index contributed by atoms with van der Waals surface area (Å²) in [5, 5.41) is 3.14. The normalized spacial score (nSPS) is 10.2. The van der Waals surface area contributed by atoms with E-state index in [0.717, 1.165) is 15.7 Å². The minimum atomic E-state index is 0.304. The molecule has 1 aromatic heterocycles. The number of aromatic nitrogens is 3. The lowest BCUT2D eigenvalue weighted by Crippen LogP contribution is -2.18. The summed E-state index contributed by atoms with van der Waals surface area (Å²) in [5.41, 5.74) is 4.44. The van der Waals surface area contributed by atoms with Crippen molar-refractivity contribution in [1.82, 2.24) is 15.0 Å². The van der Waals surface area contributed by atoms with Gasteiger partial charge in [0.25, 0.3) is 0 Å².